The first-order valence-corrected chi connectivity index (χ1v) is 6.80. The molecule has 4 nitrogen and oxygen atoms in total. The van der Waals surface area contributed by atoms with Crippen LogP contribution < -0.4 is 4.74 Å². The van der Waals surface area contributed by atoms with E-state index in [1.807, 2.05) is 30.1 Å². The third kappa shape index (κ3) is 2.91. The number of hydrogen-bond acceptors (Lipinski definition) is 4. The van der Waals surface area contributed by atoms with Gasteiger partial charge in [-0.15, -0.1) is 0 Å². The van der Waals surface area contributed by atoms with Gasteiger partial charge in [0.1, 0.15) is 18.5 Å². The number of rotatable bonds is 4. The average molecular weight is 265 g/mol. The zero-order chi connectivity index (χ0) is 14.0. The van der Waals surface area contributed by atoms with Crippen molar-refractivity contribution >= 4 is 0 Å². The summed E-state index contributed by atoms with van der Waals surface area (Å²) in [7, 11) is 1.89. The maximum absolute atomic E-state index is 10.5. The van der Waals surface area contributed by atoms with E-state index in [0.717, 1.165) is 11.3 Å². The molecule has 1 aliphatic rings. The Morgan fingerprint density at radius 3 is 2.79 bits per heavy atom. The van der Waals surface area contributed by atoms with Crippen molar-refractivity contribution in [2.45, 2.75) is 31.9 Å². The highest BCUT2D eigenvalue weighted by Gasteiger charge is 2.32. The lowest BCUT2D eigenvalue weighted by Gasteiger charge is -2.36. The van der Waals surface area contributed by atoms with Crippen LogP contribution in [0.3, 0.4) is 0 Å². The van der Waals surface area contributed by atoms with E-state index in [0.29, 0.717) is 19.1 Å². The molecule has 0 fully saturated rings. The van der Waals surface area contributed by atoms with E-state index in [1.54, 1.807) is 0 Å². The summed E-state index contributed by atoms with van der Waals surface area (Å²) >= 11 is 0. The van der Waals surface area contributed by atoms with Crippen LogP contribution in [-0.2, 0) is 0 Å². The Kier molecular flexibility index (Phi) is 4.45. The van der Waals surface area contributed by atoms with E-state index in [2.05, 4.69) is 13.8 Å². The Morgan fingerprint density at radius 1 is 1.42 bits per heavy atom. The molecule has 1 aromatic carbocycles. The third-order valence-electron chi connectivity index (χ3n) is 3.81. The lowest BCUT2D eigenvalue weighted by molar-refractivity contribution is 0.00944. The third-order valence-corrected chi connectivity index (χ3v) is 3.81. The molecule has 1 aromatic rings. The van der Waals surface area contributed by atoms with Crippen molar-refractivity contribution in [3.8, 4) is 5.75 Å². The van der Waals surface area contributed by atoms with E-state index in [-0.39, 0.29) is 12.6 Å². The molecular formula is C15H23NO3. The molecule has 0 amide bonds. The second kappa shape index (κ2) is 5.90. The number of hydrogen-bond donors (Lipinski definition) is 2. The fraction of sp³-hybridized carbons (Fsp3) is 0.600. The summed E-state index contributed by atoms with van der Waals surface area (Å²) in [6, 6.07) is 5.91. The van der Waals surface area contributed by atoms with Crippen molar-refractivity contribution in [2.75, 3.05) is 26.8 Å². The van der Waals surface area contributed by atoms with Crippen molar-refractivity contribution in [3.63, 3.8) is 0 Å². The lowest BCUT2D eigenvalue weighted by atomic mass is 9.93. The van der Waals surface area contributed by atoms with Gasteiger partial charge in [0.2, 0.25) is 0 Å². The summed E-state index contributed by atoms with van der Waals surface area (Å²) in [6.07, 6.45) is -0.570. The molecule has 0 saturated heterocycles. The van der Waals surface area contributed by atoms with Gasteiger partial charge in [0, 0.05) is 12.1 Å². The number of likely N-dealkylation sites (N-methyl/N-ethyl adjacent to an activating group) is 1. The van der Waals surface area contributed by atoms with E-state index >= 15 is 0 Å². The first-order chi connectivity index (χ1) is 9.04. The molecular weight excluding hydrogens is 242 g/mol. The Balaban J connectivity index is 2.25. The summed E-state index contributed by atoms with van der Waals surface area (Å²) in [6.45, 7) is 5.33. The summed E-state index contributed by atoms with van der Waals surface area (Å²) in [5, 5.41) is 19.5. The van der Waals surface area contributed by atoms with E-state index in [1.165, 1.54) is 5.56 Å². The number of aliphatic hydroxyl groups excluding tert-OH is 2. The predicted octanol–water partition coefficient (Wildman–Crippen LogP) is 1.53. The Labute approximate surface area is 114 Å². The molecule has 0 aromatic heterocycles. The second-order valence-electron chi connectivity index (χ2n) is 5.48. The van der Waals surface area contributed by atoms with Crippen LogP contribution in [-0.4, -0.2) is 48.0 Å². The first-order valence-electron chi connectivity index (χ1n) is 6.80. The number of ether oxygens (including phenoxy) is 1. The quantitative estimate of drug-likeness (QED) is 0.867. The molecule has 2 unspecified atom stereocenters. The molecule has 0 bridgehead atoms. The molecule has 106 valence electrons. The number of nitrogens with zero attached hydrogens (tertiary/aromatic N) is 1. The summed E-state index contributed by atoms with van der Waals surface area (Å²) < 4.78 is 5.73. The van der Waals surface area contributed by atoms with Crippen molar-refractivity contribution in [1.82, 2.24) is 4.90 Å². The molecule has 1 aliphatic heterocycles. The van der Waals surface area contributed by atoms with Gasteiger partial charge in [-0.05, 0) is 30.7 Å². The smallest absolute Gasteiger partial charge is 0.125 e. The van der Waals surface area contributed by atoms with Crippen LogP contribution in [0.25, 0.3) is 0 Å². The molecule has 1 heterocycles. The fourth-order valence-electron chi connectivity index (χ4n) is 2.45. The molecule has 0 saturated carbocycles. The maximum atomic E-state index is 10.5. The van der Waals surface area contributed by atoms with E-state index < -0.39 is 6.10 Å². The minimum Gasteiger partial charge on any atom is -0.491 e. The van der Waals surface area contributed by atoms with Gasteiger partial charge < -0.3 is 14.9 Å². The second-order valence-corrected chi connectivity index (χ2v) is 5.48. The highest BCUT2D eigenvalue weighted by atomic mass is 16.5. The van der Waals surface area contributed by atoms with Crippen LogP contribution in [0.15, 0.2) is 18.2 Å². The van der Waals surface area contributed by atoms with Gasteiger partial charge in [0.15, 0.2) is 0 Å². The van der Waals surface area contributed by atoms with Crippen LogP contribution in [0.5, 0.6) is 5.75 Å². The highest BCUT2D eigenvalue weighted by molar-refractivity contribution is 5.42. The number of fused-ring (bicyclic) bond motifs is 1. The monoisotopic (exact) mass is 265 g/mol. The fourth-order valence-corrected chi connectivity index (χ4v) is 2.45. The summed E-state index contributed by atoms with van der Waals surface area (Å²) in [4.78, 5) is 1.94. The largest absolute Gasteiger partial charge is 0.491 e. The van der Waals surface area contributed by atoms with Crippen LogP contribution in [0.2, 0.25) is 0 Å². The summed E-state index contributed by atoms with van der Waals surface area (Å²) in [5.74, 6) is 1.19. The molecule has 0 spiro atoms. The highest BCUT2D eigenvalue weighted by Crippen LogP contribution is 2.35. The molecule has 2 rings (SSSR count). The zero-order valence-corrected chi connectivity index (χ0v) is 11.8. The Morgan fingerprint density at radius 2 is 2.16 bits per heavy atom. The number of aliphatic hydroxyl groups is 2. The maximum Gasteiger partial charge on any atom is 0.125 e. The lowest BCUT2D eigenvalue weighted by Crippen LogP contribution is -2.45. The Bertz CT molecular complexity index is 433. The van der Waals surface area contributed by atoms with Gasteiger partial charge in [-0.3, -0.25) is 4.90 Å². The Hall–Kier alpha value is -1.10. The van der Waals surface area contributed by atoms with Gasteiger partial charge in [0.05, 0.1) is 12.6 Å². The summed E-state index contributed by atoms with van der Waals surface area (Å²) in [5.41, 5.74) is 2.05. The molecule has 2 atom stereocenters. The van der Waals surface area contributed by atoms with Crippen molar-refractivity contribution in [2.24, 2.45) is 0 Å². The predicted molar refractivity (Wildman–Crippen MR) is 74.5 cm³/mol. The topological polar surface area (TPSA) is 52.9 Å². The molecule has 2 N–H and O–H groups in total. The zero-order valence-electron chi connectivity index (χ0n) is 11.8. The van der Waals surface area contributed by atoms with Gasteiger partial charge in [-0.2, -0.15) is 0 Å². The van der Waals surface area contributed by atoms with E-state index in [9.17, 15) is 5.11 Å². The first kappa shape index (κ1) is 14.3. The molecule has 4 heteroatoms. The SMILES string of the molecule is CC(C)c1ccc2c(c1)C(O)C(N(C)CCO)CO2. The molecule has 0 radical (unpaired) electrons. The van der Waals surface area contributed by atoms with Crippen molar-refractivity contribution in [3.05, 3.63) is 29.3 Å². The standard InChI is InChI=1S/C15H23NO3/c1-10(2)11-4-5-14-12(8-11)15(18)13(9-19-14)16(3)6-7-17/h4-5,8,10,13,15,17-18H,6-7,9H2,1-3H3. The van der Waals surface area contributed by atoms with Gasteiger partial charge in [-0.25, -0.2) is 0 Å². The number of benzene rings is 1. The van der Waals surface area contributed by atoms with Crippen molar-refractivity contribution < 1.29 is 14.9 Å². The van der Waals surface area contributed by atoms with Gasteiger partial charge >= 0.3 is 0 Å². The minimum absolute atomic E-state index is 0.0820. The molecule has 19 heavy (non-hydrogen) atoms. The van der Waals surface area contributed by atoms with Crippen LogP contribution in [0, 0.1) is 0 Å². The van der Waals surface area contributed by atoms with Crippen LogP contribution >= 0.6 is 0 Å². The van der Waals surface area contributed by atoms with E-state index in [4.69, 9.17) is 9.84 Å². The van der Waals surface area contributed by atoms with Crippen LogP contribution in [0.4, 0.5) is 0 Å². The molecule has 0 aliphatic carbocycles. The van der Waals surface area contributed by atoms with Crippen molar-refractivity contribution in [1.29, 1.82) is 0 Å². The average Bonchev–Trinajstić information content (AvgIpc) is 2.39. The minimum atomic E-state index is -0.570. The normalized spacial score (nSPS) is 22.5. The van der Waals surface area contributed by atoms with Crippen LogP contribution in [0.1, 0.15) is 37.0 Å². The van der Waals surface area contributed by atoms with Gasteiger partial charge in [-0.1, -0.05) is 19.9 Å². The van der Waals surface area contributed by atoms with Gasteiger partial charge in [0.25, 0.3) is 0 Å².